The van der Waals surface area contributed by atoms with Gasteiger partial charge >= 0.3 is 0 Å². The van der Waals surface area contributed by atoms with Gasteiger partial charge in [-0.25, -0.2) is 0 Å². The lowest BCUT2D eigenvalue weighted by molar-refractivity contribution is 1.10. The molecule has 1 heterocycles. The van der Waals surface area contributed by atoms with Crippen LogP contribution >= 0.6 is 0 Å². The average molecular weight is 336 g/mol. The molecular formula is C24H20N2. The second-order valence-corrected chi connectivity index (χ2v) is 6.15. The van der Waals surface area contributed by atoms with E-state index >= 15 is 0 Å². The second kappa shape index (κ2) is 7.66. The largest absolute Gasteiger partial charge is 0.338 e. The lowest BCUT2D eigenvalue weighted by Crippen LogP contribution is -2.16. The Hall–Kier alpha value is -3.39. The number of benzene rings is 3. The van der Waals surface area contributed by atoms with E-state index in [9.17, 15) is 0 Å². The van der Waals surface area contributed by atoms with Crippen molar-refractivity contribution < 1.29 is 0 Å². The predicted octanol–water partition coefficient (Wildman–Crippen LogP) is 6.09. The number of pyridine rings is 1. The van der Waals surface area contributed by atoms with E-state index in [0.717, 1.165) is 23.0 Å². The van der Waals surface area contributed by atoms with Crippen molar-refractivity contribution in [3.05, 3.63) is 109 Å². The number of nitrogens with zero attached hydrogens (tertiary/aromatic N) is 2. The van der Waals surface area contributed by atoms with Crippen molar-refractivity contribution >= 4 is 28.4 Å². The lowest BCUT2D eigenvalue weighted by Gasteiger charge is -2.23. The van der Waals surface area contributed by atoms with E-state index in [1.807, 2.05) is 36.5 Å². The van der Waals surface area contributed by atoms with Gasteiger partial charge in [0.15, 0.2) is 0 Å². The minimum atomic E-state index is 0.793. The van der Waals surface area contributed by atoms with Crippen LogP contribution in [0.25, 0.3) is 17.0 Å². The summed E-state index contributed by atoms with van der Waals surface area (Å²) in [7, 11) is 0. The molecule has 0 fully saturated rings. The van der Waals surface area contributed by atoms with Crippen molar-refractivity contribution in [3.8, 4) is 0 Å². The smallest absolute Gasteiger partial charge is 0.0702 e. The molecule has 1 aromatic heterocycles. The van der Waals surface area contributed by atoms with Gasteiger partial charge in [-0.1, -0.05) is 66.7 Å². The third kappa shape index (κ3) is 3.65. The van der Waals surface area contributed by atoms with Crippen LogP contribution in [0.2, 0.25) is 0 Å². The first-order valence-corrected chi connectivity index (χ1v) is 8.79. The molecule has 0 aliphatic heterocycles. The minimum Gasteiger partial charge on any atom is -0.338 e. The maximum atomic E-state index is 4.53. The molecular weight excluding hydrogens is 316 g/mol. The molecule has 2 nitrogen and oxygen atoms in total. The molecule has 0 saturated heterocycles. The van der Waals surface area contributed by atoms with Crippen molar-refractivity contribution in [2.75, 3.05) is 11.4 Å². The molecule has 0 aliphatic carbocycles. The van der Waals surface area contributed by atoms with E-state index < -0.39 is 0 Å². The number of para-hydroxylation sites is 3. The van der Waals surface area contributed by atoms with E-state index in [1.165, 1.54) is 11.4 Å². The highest BCUT2D eigenvalue weighted by atomic mass is 15.1. The van der Waals surface area contributed by atoms with E-state index in [2.05, 4.69) is 82.7 Å². The number of hydrogen-bond donors (Lipinski definition) is 0. The maximum Gasteiger partial charge on any atom is 0.0702 e. The van der Waals surface area contributed by atoms with Crippen LogP contribution in [-0.4, -0.2) is 11.5 Å². The van der Waals surface area contributed by atoms with Crippen LogP contribution in [0.1, 0.15) is 5.56 Å². The quantitative estimate of drug-likeness (QED) is 0.438. The van der Waals surface area contributed by atoms with Gasteiger partial charge in [0.05, 0.1) is 5.52 Å². The standard InChI is InChI=1S/C24H20N2/c1-3-12-22(13-4-1)26(23-14-5-2-6-15-23)17-9-10-20-18-21-11-7-8-16-24(21)25-19-20/h1-16,18-19H,17H2/b10-9+. The van der Waals surface area contributed by atoms with E-state index in [0.29, 0.717) is 0 Å². The zero-order valence-electron chi connectivity index (χ0n) is 14.5. The Labute approximate surface area is 154 Å². The van der Waals surface area contributed by atoms with Crippen molar-refractivity contribution in [2.45, 2.75) is 0 Å². The summed E-state index contributed by atoms with van der Waals surface area (Å²) in [5.41, 5.74) is 4.50. The number of rotatable bonds is 5. The van der Waals surface area contributed by atoms with Gasteiger partial charge in [-0.15, -0.1) is 0 Å². The Kier molecular flexibility index (Phi) is 4.74. The summed E-state index contributed by atoms with van der Waals surface area (Å²) >= 11 is 0. The van der Waals surface area contributed by atoms with Crippen LogP contribution in [0, 0.1) is 0 Å². The Balaban J connectivity index is 1.58. The molecule has 0 unspecified atom stereocenters. The molecule has 26 heavy (non-hydrogen) atoms. The first-order chi connectivity index (χ1) is 12.9. The number of hydrogen-bond acceptors (Lipinski definition) is 2. The van der Waals surface area contributed by atoms with Crippen LogP contribution in [0.3, 0.4) is 0 Å². The number of fused-ring (bicyclic) bond motifs is 1. The lowest BCUT2D eigenvalue weighted by atomic mass is 10.1. The first-order valence-electron chi connectivity index (χ1n) is 8.79. The topological polar surface area (TPSA) is 16.1 Å². The highest BCUT2D eigenvalue weighted by molar-refractivity contribution is 5.80. The summed E-state index contributed by atoms with van der Waals surface area (Å²) in [6, 6.07) is 31.3. The predicted molar refractivity (Wildman–Crippen MR) is 111 cm³/mol. The van der Waals surface area contributed by atoms with Crippen LogP contribution in [-0.2, 0) is 0 Å². The van der Waals surface area contributed by atoms with E-state index in [1.54, 1.807) is 0 Å². The number of aromatic nitrogens is 1. The summed E-state index contributed by atoms with van der Waals surface area (Å²) in [6.07, 6.45) is 6.25. The molecule has 0 spiro atoms. The molecule has 0 amide bonds. The Morgan fingerprint density at radius 3 is 2.04 bits per heavy atom. The fraction of sp³-hybridized carbons (Fsp3) is 0.0417. The van der Waals surface area contributed by atoms with Gasteiger partial charge in [0.25, 0.3) is 0 Å². The maximum absolute atomic E-state index is 4.53. The summed E-state index contributed by atoms with van der Waals surface area (Å²) in [5.74, 6) is 0. The van der Waals surface area contributed by atoms with Gasteiger partial charge < -0.3 is 4.90 Å². The van der Waals surface area contributed by atoms with Gasteiger partial charge in [-0.2, -0.15) is 0 Å². The van der Waals surface area contributed by atoms with Crippen LogP contribution in [0.4, 0.5) is 11.4 Å². The van der Waals surface area contributed by atoms with Crippen molar-refractivity contribution in [1.82, 2.24) is 4.98 Å². The fourth-order valence-electron chi connectivity index (χ4n) is 3.05. The van der Waals surface area contributed by atoms with Gasteiger partial charge in [0.2, 0.25) is 0 Å². The highest BCUT2D eigenvalue weighted by Crippen LogP contribution is 2.24. The Morgan fingerprint density at radius 2 is 1.35 bits per heavy atom. The van der Waals surface area contributed by atoms with Crippen LogP contribution in [0.5, 0.6) is 0 Å². The molecule has 0 radical (unpaired) electrons. The third-order valence-corrected chi connectivity index (χ3v) is 4.35. The molecule has 3 aromatic carbocycles. The van der Waals surface area contributed by atoms with Crippen molar-refractivity contribution in [2.24, 2.45) is 0 Å². The van der Waals surface area contributed by atoms with E-state index in [4.69, 9.17) is 0 Å². The van der Waals surface area contributed by atoms with Crippen LogP contribution < -0.4 is 4.90 Å². The molecule has 4 rings (SSSR count). The molecule has 126 valence electrons. The normalized spacial score (nSPS) is 11.1. The molecule has 0 aliphatic rings. The molecule has 0 atom stereocenters. The summed E-state index contributed by atoms with van der Waals surface area (Å²) in [6.45, 7) is 0.793. The zero-order valence-corrected chi connectivity index (χ0v) is 14.5. The molecule has 2 heteroatoms. The van der Waals surface area contributed by atoms with Crippen molar-refractivity contribution in [1.29, 1.82) is 0 Å². The fourth-order valence-corrected chi connectivity index (χ4v) is 3.05. The molecule has 0 bridgehead atoms. The van der Waals surface area contributed by atoms with Gasteiger partial charge in [0.1, 0.15) is 0 Å². The highest BCUT2D eigenvalue weighted by Gasteiger charge is 2.06. The second-order valence-electron chi connectivity index (χ2n) is 6.15. The van der Waals surface area contributed by atoms with Gasteiger partial charge in [-0.05, 0) is 42.0 Å². The summed E-state index contributed by atoms with van der Waals surface area (Å²) in [5, 5.41) is 1.16. The summed E-state index contributed by atoms with van der Waals surface area (Å²) in [4.78, 5) is 6.83. The number of anilines is 2. The molecule has 4 aromatic rings. The minimum absolute atomic E-state index is 0.793. The zero-order chi connectivity index (χ0) is 17.6. The van der Waals surface area contributed by atoms with Crippen molar-refractivity contribution in [3.63, 3.8) is 0 Å². The summed E-state index contributed by atoms with van der Waals surface area (Å²) < 4.78 is 0. The Morgan fingerprint density at radius 1 is 0.731 bits per heavy atom. The monoisotopic (exact) mass is 336 g/mol. The van der Waals surface area contributed by atoms with E-state index in [-0.39, 0.29) is 0 Å². The average Bonchev–Trinajstić information content (AvgIpc) is 2.72. The molecule has 0 N–H and O–H groups in total. The van der Waals surface area contributed by atoms with Gasteiger partial charge in [0, 0.05) is 29.5 Å². The first kappa shape index (κ1) is 16.1. The SMILES string of the molecule is C(=C\c1cnc2ccccc2c1)/CN(c1ccccc1)c1ccccc1. The molecule has 0 saturated carbocycles. The Bertz CT molecular complexity index is 968. The van der Waals surface area contributed by atoms with Crippen LogP contribution in [0.15, 0.2) is 103 Å². The van der Waals surface area contributed by atoms with Gasteiger partial charge in [-0.3, -0.25) is 4.98 Å². The third-order valence-electron chi connectivity index (χ3n) is 4.35.